The van der Waals surface area contributed by atoms with Gasteiger partial charge in [0.2, 0.25) is 0 Å². The van der Waals surface area contributed by atoms with Gasteiger partial charge in [-0.2, -0.15) is 0 Å². The summed E-state index contributed by atoms with van der Waals surface area (Å²) in [7, 11) is 0. The average Bonchev–Trinajstić information content (AvgIpc) is 2.50. The highest BCUT2D eigenvalue weighted by atomic mass is 79.9. The van der Waals surface area contributed by atoms with Crippen molar-refractivity contribution in [2.24, 2.45) is 0 Å². The molecule has 2 aromatic carbocycles. The van der Waals surface area contributed by atoms with Crippen LogP contribution in [0.1, 0.15) is 18.9 Å². The molecule has 0 saturated heterocycles. The third-order valence-corrected chi connectivity index (χ3v) is 3.43. The van der Waals surface area contributed by atoms with Crippen molar-refractivity contribution in [2.75, 3.05) is 6.61 Å². The fourth-order valence-electron chi connectivity index (χ4n) is 1.75. The van der Waals surface area contributed by atoms with Gasteiger partial charge < -0.3 is 9.47 Å². The van der Waals surface area contributed by atoms with E-state index in [2.05, 4.69) is 15.9 Å². The minimum atomic E-state index is -0.651. The summed E-state index contributed by atoms with van der Waals surface area (Å²) < 4.78 is 38.8. The number of ether oxygens (including phenoxy) is 2. The van der Waals surface area contributed by atoms with Crippen LogP contribution in [0.5, 0.6) is 11.5 Å². The van der Waals surface area contributed by atoms with Crippen molar-refractivity contribution in [3.05, 3.63) is 58.1 Å². The standard InChI is InChI=1S/C16H15BrF2O2/c1-2-9-20-14-5-3-4-6-15(14)21-10-11-13(18)8-7-12(17)16(11)19/h3-8H,2,9-10H2,1H3. The van der Waals surface area contributed by atoms with Gasteiger partial charge in [-0.1, -0.05) is 19.1 Å². The Morgan fingerprint density at radius 3 is 2.33 bits per heavy atom. The minimum absolute atomic E-state index is 0.116. The second-order valence-electron chi connectivity index (χ2n) is 4.41. The lowest BCUT2D eigenvalue weighted by Crippen LogP contribution is -2.04. The fourth-order valence-corrected chi connectivity index (χ4v) is 2.12. The number of hydrogen-bond donors (Lipinski definition) is 0. The number of halogens is 3. The molecule has 0 atom stereocenters. The zero-order chi connectivity index (χ0) is 15.2. The molecule has 0 aliphatic carbocycles. The summed E-state index contributed by atoms with van der Waals surface area (Å²) in [6.45, 7) is 2.35. The van der Waals surface area contributed by atoms with Crippen LogP contribution in [-0.4, -0.2) is 6.61 Å². The molecule has 5 heteroatoms. The molecule has 2 nitrogen and oxygen atoms in total. The summed E-state index contributed by atoms with van der Waals surface area (Å²) in [5.41, 5.74) is -0.116. The first-order valence-corrected chi connectivity index (χ1v) is 7.39. The second kappa shape index (κ2) is 7.41. The first-order valence-electron chi connectivity index (χ1n) is 6.60. The average molecular weight is 357 g/mol. The quantitative estimate of drug-likeness (QED) is 0.670. The molecule has 2 aromatic rings. The molecule has 0 aromatic heterocycles. The number of rotatable bonds is 6. The molecule has 0 aliphatic rings. The lowest BCUT2D eigenvalue weighted by atomic mass is 10.2. The molecule has 0 bridgehead atoms. The summed E-state index contributed by atoms with van der Waals surface area (Å²) in [5, 5.41) is 0. The highest BCUT2D eigenvalue weighted by Gasteiger charge is 2.14. The largest absolute Gasteiger partial charge is 0.490 e. The van der Waals surface area contributed by atoms with E-state index in [1.807, 2.05) is 13.0 Å². The van der Waals surface area contributed by atoms with E-state index in [0.29, 0.717) is 18.1 Å². The maximum Gasteiger partial charge on any atom is 0.161 e. The molecule has 0 N–H and O–H groups in total. The third kappa shape index (κ3) is 3.94. The van der Waals surface area contributed by atoms with Crippen LogP contribution in [0.4, 0.5) is 8.78 Å². The fraction of sp³-hybridized carbons (Fsp3) is 0.250. The predicted molar refractivity (Wildman–Crippen MR) is 80.6 cm³/mol. The predicted octanol–water partition coefficient (Wildman–Crippen LogP) is 5.10. The zero-order valence-corrected chi connectivity index (χ0v) is 13.1. The number of hydrogen-bond acceptors (Lipinski definition) is 2. The van der Waals surface area contributed by atoms with Gasteiger partial charge >= 0.3 is 0 Å². The third-order valence-electron chi connectivity index (χ3n) is 2.82. The Morgan fingerprint density at radius 2 is 1.67 bits per heavy atom. The Morgan fingerprint density at radius 1 is 1.00 bits per heavy atom. The van der Waals surface area contributed by atoms with Crippen molar-refractivity contribution in [1.82, 2.24) is 0 Å². The van der Waals surface area contributed by atoms with Crippen LogP contribution < -0.4 is 9.47 Å². The summed E-state index contributed by atoms with van der Waals surface area (Å²) in [5.74, 6) is -0.260. The van der Waals surface area contributed by atoms with E-state index in [4.69, 9.17) is 9.47 Å². The van der Waals surface area contributed by atoms with Crippen LogP contribution in [0.25, 0.3) is 0 Å². The van der Waals surface area contributed by atoms with E-state index < -0.39 is 11.6 Å². The summed E-state index contributed by atoms with van der Waals surface area (Å²) in [4.78, 5) is 0. The van der Waals surface area contributed by atoms with Gasteiger partial charge in [-0.05, 0) is 46.6 Å². The number of para-hydroxylation sites is 2. The normalized spacial score (nSPS) is 10.5. The van der Waals surface area contributed by atoms with Crippen molar-refractivity contribution in [2.45, 2.75) is 20.0 Å². The van der Waals surface area contributed by atoms with Crippen molar-refractivity contribution in [1.29, 1.82) is 0 Å². The number of benzene rings is 2. The maximum absolute atomic E-state index is 13.9. The lowest BCUT2D eigenvalue weighted by Gasteiger charge is -2.13. The molecule has 0 saturated carbocycles. The Balaban J connectivity index is 2.15. The maximum atomic E-state index is 13.9. The van der Waals surface area contributed by atoms with Crippen molar-refractivity contribution in [3.63, 3.8) is 0 Å². The van der Waals surface area contributed by atoms with Crippen LogP contribution in [0, 0.1) is 11.6 Å². The molecule has 0 spiro atoms. The van der Waals surface area contributed by atoms with Gasteiger partial charge in [0.15, 0.2) is 11.5 Å². The molecule has 0 fully saturated rings. The molecule has 0 heterocycles. The van der Waals surface area contributed by atoms with Gasteiger partial charge in [0, 0.05) is 0 Å². The van der Waals surface area contributed by atoms with E-state index in [9.17, 15) is 8.78 Å². The zero-order valence-electron chi connectivity index (χ0n) is 11.5. The van der Waals surface area contributed by atoms with E-state index in [-0.39, 0.29) is 16.6 Å². The van der Waals surface area contributed by atoms with Crippen molar-refractivity contribution in [3.8, 4) is 11.5 Å². The molecule has 0 radical (unpaired) electrons. The summed E-state index contributed by atoms with van der Waals surface area (Å²) >= 11 is 3.03. The topological polar surface area (TPSA) is 18.5 Å². The van der Waals surface area contributed by atoms with Gasteiger partial charge in [-0.3, -0.25) is 0 Å². The summed E-state index contributed by atoms with van der Waals surface area (Å²) in [6.07, 6.45) is 0.864. The Kier molecular flexibility index (Phi) is 5.56. The molecule has 0 amide bonds. The molecule has 2 rings (SSSR count). The van der Waals surface area contributed by atoms with Gasteiger partial charge in [0.25, 0.3) is 0 Å². The Bertz CT molecular complexity index is 617. The van der Waals surface area contributed by atoms with E-state index in [1.54, 1.807) is 18.2 Å². The monoisotopic (exact) mass is 356 g/mol. The highest BCUT2D eigenvalue weighted by Crippen LogP contribution is 2.29. The Labute approximate surface area is 130 Å². The van der Waals surface area contributed by atoms with Crippen LogP contribution in [0.15, 0.2) is 40.9 Å². The van der Waals surface area contributed by atoms with Crippen LogP contribution in [0.2, 0.25) is 0 Å². The lowest BCUT2D eigenvalue weighted by molar-refractivity contribution is 0.255. The second-order valence-corrected chi connectivity index (χ2v) is 5.26. The van der Waals surface area contributed by atoms with E-state index in [0.717, 1.165) is 6.42 Å². The van der Waals surface area contributed by atoms with Gasteiger partial charge in [0.05, 0.1) is 16.6 Å². The van der Waals surface area contributed by atoms with Crippen molar-refractivity contribution < 1.29 is 18.3 Å². The van der Waals surface area contributed by atoms with Crippen LogP contribution >= 0.6 is 15.9 Å². The van der Waals surface area contributed by atoms with E-state index >= 15 is 0 Å². The summed E-state index contributed by atoms with van der Waals surface area (Å²) in [6, 6.07) is 9.59. The molecule has 0 unspecified atom stereocenters. The molecular formula is C16H15BrF2O2. The molecular weight excluding hydrogens is 342 g/mol. The van der Waals surface area contributed by atoms with Gasteiger partial charge in [-0.25, -0.2) is 8.78 Å². The first kappa shape index (κ1) is 15.8. The van der Waals surface area contributed by atoms with Gasteiger partial charge in [0.1, 0.15) is 18.2 Å². The SMILES string of the molecule is CCCOc1ccccc1OCc1c(F)ccc(Br)c1F. The highest BCUT2D eigenvalue weighted by molar-refractivity contribution is 9.10. The smallest absolute Gasteiger partial charge is 0.161 e. The van der Waals surface area contributed by atoms with E-state index in [1.165, 1.54) is 12.1 Å². The van der Waals surface area contributed by atoms with Crippen LogP contribution in [0.3, 0.4) is 0 Å². The molecule has 0 aliphatic heterocycles. The Hall–Kier alpha value is -1.62. The molecule has 112 valence electrons. The minimum Gasteiger partial charge on any atom is -0.490 e. The van der Waals surface area contributed by atoms with Crippen molar-refractivity contribution >= 4 is 15.9 Å². The molecule has 21 heavy (non-hydrogen) atoms. The van der Waals surface area contributed by atoms with Gasteiger partial charge in [-0.15, -0.1) is 0 Å². The van der Waals surface area contributed by atoms with Crippen LogP contribution in [-0.2, 0) is 6.61 Å². The first-order chi connectivity index (χ1) is 10.1.